The smallest absolute Gasteiger partial charge is 0.408 e. The summed E-state index contributed by atoms with van der Waals surface area (Å²) in [6.07, 6.45) is 2.47. The van der Waals surface area contributed by atoms with E-state index >= 15 is 0 Å². The lowest BCUT2D eigenvalue weighted by molar-refractivity contribution is -0.142. The number of hydrogen-bond donors (Lipinski definition) is 4. The van der Waals surface area contributed by atoms with Crippen molar-refractivity contribution in [3.05, 3.63) is 29.8 Å². The number of aromatic hydroxyl groups is 1. The highest BCUT2D eigenvalue weighted by Crippen LogP contribution is 2.25. The van der Waals surface area contributed by atoms with E-state index in [0.717, 1.165) is 19.3 Å². The van der Waals surface area contributed by atoms with E-state index < -0.39 is 29.7 Å². The monoisotopic (exact) mass is 495 g/mol. The van der Waals surface area contributed by atoms with Crippen LogP contribution in [0.15, 0.2) is 24.3 Å². The second kappa shape index (κ2) is 14.1. The molecular weight excluding hydrogens is 454 g/mol. The number of carbonyl (C=O) groups excluding carboxylic acids is 3. The molecule has 0 aliphatic heterocycles. The summed E-state index contributed by atoms with van der Waals surface area (Å²) in [6, 6.07) is 4.27. The zero-order valence-electron chi connectivity index (χ0n) is 21.3. The van der Waals surface area contributed by atoms with Crippen molar-refractivity contribution in [2.75, 3.05) is 12.3 Å². The van der Waals surface area contributed by atoms with Gasteiger partial charge in [-0.3, -0.25) is 9.59 Å². The number of phenols is 1. The standard InChI is InChI=1S/C25H41N3O5S/c1-7-9-15-28(23(31)20(16-34)27-24(32)33-25(4,5)6)21(18-11-13-19(29)14-12-18)22(30)26-17(3)10-8-2/h11-14,17,20-21,29,34H,7-10,15-16H2,1-6H3,(H,26,30)(H,27,32). The van der Waals surface area contributed by atoms with Crippen LogP contribution in [-0.2, 0) is 14.3 Å². The van der Waals surface area contributed by atoms with Crippen molar-refractivity contribution < 1.29 is 24.2 Å². The number of hydrogen-bond acceptors (Lipinski definition) is 6. The van der Waals surface area contributed by atoms with Crippen LogP contribution in [-0.4, -0.2) is 57.9 Å². The molecular formula is C25H41N3O5S. The van der Waals surface area contributed by atoms with Crippen LogP contribution in [0.5, 0.6) is 5.75 Å². The molecule has 0 heterocycles. The number of unbranched alkanes of at least 4 members (excludes halogenated alkanes) is 1. The summed E-state index contributed by atoms with van der Waals surface area (Å²) in [5.41, 5.74) is -0.154. The van der Waals surface area contributed by atoms with Crippen LogP contribution in [0.1, 0.15) is 78.8 Å². The van der Waals surface area contributed by atoms with Crippen molar-refractivity contribution in [2.45, 2.75) is 91.0 Å². The van der Waals surface area contributed by atoms with Crippen LogP contribution < -0.4 is 10.6 Å². The first kappa shape index (κ1) is 29.6. The number of benzene rings is 1. The zero-order chi connectivity index (χ0) is 25.9. The van der Waals surface area contributed by atoms with Crippen LogP contribution >= 0.6 is 12.6 Å². The highest BCUT2D eigenvalue weighted by molar-refractivity contribution is 7.80. The molecule has 1 rings (SSSR count). The number of nitrogens with one attached hydrogen (secondary N) is 2. The van der Waals surface area contributed by atoms with Gasteiger partial charge in [-0.15, -0.1) is 0 Å². The summed E-state index contributed by atoms with van der Waals surface area (Å²) in [7, 11) is 0. The van der Waals surface area contributed by atoms with Crippen molar-refractivity contribution in [3.63, 3.8) is 0 Å². The molecule has 3 atom stereocenters. The van der Waals surface area contributed by atoms with E-state index in [2.05, 4.69) is 23.3 Å². The molecule has 3 unspecified atom stereocenters. The Morgan fingerprint density at radius 2 is 1.71 bits per heavy atom. The maximum atomic E-state index is 13.7. The number of carbonyl (C=O) groups is 3. The molecule has 8 nitrogen and oxygen atoms in total. The lowest BCUT2D eigenvalue weighted by Gasteiger charge is -2.34. The van der Waals surface area contributed by atoms with Gasteiger partial charge < -0.3 is 25.4 Å². The van der Waals surface area contributed by atoms with Gasteiger partial charge in [-0.05, 0) is 58.2 Å². The topological polar surface area (TPSA) is 108 Å². The van der Waals surface area contributed by atoms with Crippen LogP contribution in [0, 0.1) is 0 Å². The van der Waals surface area contributed by atoms with Gasteiger partial charge >= 0.3 is 6.09 Å². The molecule has 0 fully saturated rings. The van der Waals surface area contributed by atoms with Gasteiger partial charge in [0.15, 0.2) is 0 Å². The molecule has 1 aromatic rings. The molecule has 0 aromatic heterocycles. The summed E-state index contributed by atoms with van der Waals surface area (Å²) in [4.78, 5) is 40.9. The number of alkyl carbamates (subject to hydrolysis) is 1. The molecule has 0 saturated carbocycles. The molecule has 3 N–H and O–H groups in total. The van der Waals surface area contributed by atoms with E-state index in [1.807, 2.05) is 20.8 Å². The molecule has 1 aromatic carbocycles. The first-order valence-electron chi connectivity index (χ1n) is 11.9. The van der Waals surface area contributed by atoms with E-state index in [1.165, 1.54) is 17.0 Å². The minimum absolute atomic E-state index is 0.0385. The van der Waals surface area contributed by atoms with E-state index in [1.54, 1.807) is 32.9 Å². The Morgan fingerprint density at radius 3 is 2.21 bits per heavy atom. The highest BCUT2D eigenvalue weighted by Gasteiger charge is 2.36. The number of rotatable bonds is 12. The van der Waals surface area contributed by atoms with Crippen LogP contribution in [0.3, 0.4) is 0 Å². The largest absolute Gasteiger partial charge is 0.508 e. The fraction of sp³-hybridized carbons (Fsp3) is 0.640. The quantitative estimate of drug-likeness (QED) is 0.325. The SMILES string of the molecule is CCCCN(C(=O)C(CS)NC(=O)OC(C)(C)C)C(C(=O)NC(C)CCC)c1ccc(O)cc1. The number of ether oxygens (including phenoxy) is 1. The molecule has 34 heavy (non-hydrogen) atoms. The van der Waals surface area contributed by atoms with Gasteiger partial charge in [0.1, 0.15) is 23.4 Å². The maximum absolute atomic E-state index is 13.7. The van der Waals surface area contributed by atoms with Crippen LogP contribution in [0.4, 0.5) is 4.79 Å². The van der Waals surface area contributed by atoms with Gasteiger partial charge in [0.05, 0.1) is 0 Å². The van der Waals surface area contributed by atoms with E-state index in [4.69, 9.17) is 4.74 Å². The average Bonchev–Trinajstić information content (AvgIpc) is 2.74. The molecule has 0 radical (unpaired) electrons. The molecule has 0 aliphatic carbocycles. The molecule has 192 valence electrons. The summed E-state index contributed by atoms with van der Waals surface area (Å²) < 4.78 is 5.30. The first-order chi connectivity index (χ1) is 15.9. The average molecular weight is 496 g/mol. The van der Waals surface area contributed by atoms with Crippen molar-refractivity contribution >= 4 is 30.5 Å². The van der Waals surface area contributed by atoms with Gasteiger partial charge in [-0.1, -0.05) is 38.8 Å². The normalized spacial score (nSPS) is 14.0. The second-order valence-corrected chi connectivity index (χ2v) is 9.82. The molecule has 3 amide bonds. The summed E-state index contributed by atoms with van der Waals surface area (Å²) in [6.45, 7) is 11.5. The Labute approximate surface area is 209 Å². The predicted molar refractivity (Wildman–Crippen MR) is 137 cm³/mol. The zero-order valence-corrected chi connectivity index (χ0v) is 22.2. The van der Waals surface area contributed by atoms with Gasteiger partial charge in [-0.2, -0.15) is 12.6 Å². The van der Waals surface area contributed by atoms with Crippen molar-refractivity contribution in [1.29, 1.82) is 0 Å². The molecule has 9 heteroatoms. The number of amides is 3. The van der Waals surface area contributed by atoms with Gasteiger partial charge in [0, 0.05) is 18.3 Å². The van der Waals surface area contributed by atoms with Crippen molar-refractivity contribution in [3.8, 4) is 5.75 Å². The van der Waals surface area contributed by atoms with Crippen molar-refractivity contribution in [1.82, 2.24) is 15.5 Å². The predicted octanol–water partition coefficient (Wildman–Crippen LogP) is 4.19. The third-order valence-corrected chi connectivity index (χ3v) is 5.45. The van der Waals surface area contributed by atoms with Crippen molar-refractivity contribution in [2.24, 2.45) is 0 Å². The van der Waals surface area contributed by atoms with E-state index in [9.17, 15) is 19.5 Å². The highest BCUT2D eigenvalue weighted by atomic mass is 32.1. The summed E-state index contributed by atoms with van der Waals surface area (Å²) in [5.74, 6) is -0.637. The fourth-order valence-electron chi connectivity index (χ4n) is 3.49. The summed E-state index contributed by atoms with van der Waals surface area (Å²) >= 11 is 4.28. The minimum Gasteiger partial charge on any atom is -0.508 e. The van der Waals surface area contributed by atoms with E-state index in [-0.39, 0.29) is 23.5 Å². The molecule has 0 spiro atoms. The maximum Gasteiger partial charge on any atom is 0.408 e. The number of nitrogens with zero attached hydrogens (tertiary/aromatic N) is 1. The lowest BCUT2D eigenvalue weighted by atomic mass is 10.0. The number of phenolic OH excluding ortho intramolecular Hbond substituents is 1. The molecule has 0 aliphatic rings. The summed E-state index contributed by atoms with van der Waals surface area (Å²) in [5, 5.41) is 15.4. The number of thiol groups is 1. The Balaban J connectivity index is 3.34. The molecule has 0 bridgehead atoms. The van der Waals surface area contributed by atoms with Gasteiger partial charge in [0.2, 0.25) is 11.8 Å². The van der Waals surface area contributed by atoms with Crippen LogP contribution in [0.25, 0.3) is 0 Å². The Bertz CT molecular complexity index is 795. The van der Waals surface area contributed by atoms with Crippen LogP contribution in [0.2, 0.25) is 0 Å². The Morgan fingerprint density at radius 1 is 1.09 bits per heavy atom. The minimum atomic E-state index is -0.976. The first-order valence-corrected chi connectivity index (χ1v) is 12.6. The Kier molecular flexibility index (Phi) is 12.3. The fourth-order valence-corrected chi connectivity index (χ4v) is 3.73. The lowest BCUT2D eigenvalue weighted by Crippen LogP contribution is -2.54. The third-order valence-electron chi connectivity index (χ3n) is 5.09. The second-order valence-electron chi connectivity index (χ2n) is 9.46. The van der Waals surface area contributed by atoms with E-state index in [0.29, 0.717) is 18.5 Å². The third kappa shape index (κ3) is 9.83. The van der Waals surface area contributed by atoms with Gasteiger partial charge in [-0.25, -0.2) is 4.79 Å². The Hall–Kier alpha value is -2.42. The van der Waals surface area contributed by atoms with Gasteiger partial charge in [0.25, 0.3) is 0 Å². The molecule has 0 saturated heterocycles.